The third-order valence-electron chi connectivity index (χ3n) is 6.22. The predicted octanol–water partition coefficient (Wildman–Crippen LogP) is 6.21. The van der Waals surface area contributed by atoms with Gasteiger partial charge in [-0.2, -0.15) is 5.10 Å². The van der Waals surface area contributed by atoms with Gasteiger partial charge in [0.05, 0.1) is 11.8 Å². The van der Waals surface area contributed by atoms with Crippen LogP contribution in [0.3, 0.4) is 0 Å². The number of rotatable bonds is 2. The third-order valence-corrected chi connectivity index (χ3v) is 6.71. The van der Waals surface area contributed by atoms with Gasteiger partial charge in [-0.05, 0) is 43.5 Å². The maximum atomic E-state index is 6.54. The standard InChI is InChI=1S/C23H25BrN2O/c1-15-7-9-16(10-8-15)20-14-21-19-13-18(24)11-12-22(19)27-23(26(21)25-20)17-5-3-2-4-6-17/h7-13,17,21,23H,2-6,14H2,1H3/t21-,23-/m1/s1. The predicted molar refractivity (Wildman–Crippen MR) is 112 cm³/mol. The van der Waals surface area contributed by atoms with Crippen molar-refractivity contribution >= 4 is 21.6 Å². The summed E-state index contributed by atoms with van der Waals surface area (Å²) < 4.78 is 7.64. The van der Waals surface area contributed by atoms with Crippen LogP contribution in [0, 0.1) is 12.8 Å². The fraction of sp³-hybridized carbons (Fsp3) is 0.435. The molecule has 0 bridgehead atoms. The second kappa shape index (κ2) is 6.97. The van der Waals surface area contributed by atoms with Gasteiger partial charge in [0, 0.05) is 22.4 Å². The van der Waals surface area contributed by atoms with Crippen molar-refractivity contribution < 1.29 is 4.74 Å². The summed E-state index contributed by atoms with van der Waals surface area (Å²) in [6.45, 7) is 2.13. The summed E-state index contributed by atoms with van der Waals surface area (Å²) in [4.78, 5) is 0. The van der Waals surface area contributed by atoms with E-state index in [0.717, 1.165) is 16.6 Å². The van der Waals surface area contributed by atoms with Gasteiger partial charge in [0.15, 0.2) is 6.23 Å². The largest absolute Gasteiger partial charge is 0.468 e. The number of hydrogen-bond donors (Lipinski definition) is 0. The highest BCUT2D eigenvalue weighted by Gasteiger charge is 2.43. The Bertz CT molecular complexity index is 870. The number of benzene rings is 2. The first-order valence-electron chi connectivity index (χ1n) is 10.1. The molecule has 2 heterocycles. The molecule has 3 nitrogen and oxygen atoms in total. The smallest absolute Gasteiger partial charge is 0.190 e. The van der Waals surface area contributed by atoms with E-state index >= 15 is 0 Å². The van der Waals surface area contributed by atoms with Crippen LogP contribution >= 0.6 is 15.9 Å². The second-order valence-electron chi connectivity index (χ2n) is 8.10. The number of nitrogens with zero attached hydrogens (tertiary/aromatic N) is 2. The van der Waals surface area contributed by atoms with Gasteiger partial charge in [0.1, 0.15) is 5.75 Å². The Labute approximate surface area is 169 Å². The van der Waals surface area contributed by atoms with Gasteiger partial charge in [-0.3, -0.25) is 0 Å². The van der Waals surface area contributed by atoms with Crippen LogP contribution in [0.2, 0.25) is 0 Å². The number of ether oxygens (including phenoxy) is 1. The lowest BCUT2D eigenvalue weighted by Crippen LogP contribution is -2.45. The van der Waals surface area contributed by atoms with Crippen molar-refractivity contribution in [2.75, 3.05) is 0 Å². The summed E-state index contributed by atoms with van der Waals surface area (Å²) in [6.07, 6.45) is 7.47. The van der Waals surface area contributed by atoms with Gasteiger partial charge >= 0.3 is 0 Å². The number of fused-ring (bicyclic) bond motifs is 3. The van der Waals surface area contributed by atoms with Gasteiger partial charge in [-0.15, -0.1) is 0 Å². The van der Waals surface area contributed by atoms with Crippen molar-refractivity contribution in [3.63, 3.8) is 0 Å². The van der Waals surface area contributed by atoms with Gasteiger partial charge in [0.2, 0.25) is 0 Å². The van der Waals surface area contributed by atoms with Crippen molar-refractivity contribution in [1.82, 2.24) is 5.01 Å². The van der Waals surface area contributed by atoms with Crippen LogP contribution in [0.5, 0.6) is 5.75 Å². The molecule has 0 aromatic heterocycles. The van der Waals surface area contributed by atoms with Gasteiger partial charge in [-0.25, -0.2) is 5.01 Å². The Morgan fingerprint density at radius 3 is 2.59 bits per heavy atom. The number of hydrazone groups is 1. The molecule has 1 fully saturated rings. The molecule has 0 spiro atoms. The molecular weight excluding hydrogens is 400 g/mol. The molecule has 2 aromatic rings. The molecule has 1 saturated carbocycles. The molecular formula is C23H25BrN2O. The zero-order chi connectivity index (χ0) is 18.4. The fourth-order valence-electron chi connectivity index (χ4n) is 4.74. The van der Waals surface area contributed by atoms with E-state index in [-0.39, 0.29) is 12.3 Å². The Balaban J connectivity index is 1.53. The molecule has 0 amide bonds. The summed E-state index contributed by atoms with van der Waals surface area (Å²) >= 11 is 3.64. The monoisotopic (exact) mass is 424 g/mol. The highest BCUT2D eigenvalue weighted by Crippen LogP contribution is 2.47. The molecule has 2 aliphatic heterocycles. The molecule has 140 valence electrons. The maximum absolute atomic E-state index is 6.54. The van der Waals surface area contributed by atoms with Crippen LogP contribution in [0.25, 0.3) is 0 Å². The fourth-order valence-corrected chi connectivity index (χ4v) is 5.12. The number of hydrogen-bond acceptors (Lipinski definition) is 3. The minimum absolute atomic E-state index is 0.0620. The molecule has 2 atom stereocenters. The van der Waals surface area contributed by atoms with Crippen LogP contribution in [-0.2, 0) is 0 Å². The second-order valence-corrected chi connectivity index (χ2v) is 9.02. The lowest BCUT2D eigenvalue weighted by atomic mass is 9.86. The third kappa shape index (κ3) is 3.18. The van der Waals surface area contributed by atoms with Gasteiger partial charge in [0.25, 0.3) is 0 Å². The topological polar surface area (TPSA) is 24.8 Å². The average molecular weight is 425 g/mol. The molecule has 4 heteroatoms. The van der Waals surface area contributed by atoms with Crippen molar-refractivity contribution in [3.05, 3.63) is 63.6 Å². The van der Waals surface area contributed by atoms with Crippen LogP contribution in [0.1, 0.15) is 61.3 Å². The Morgan fingerprint density at radius 1 is 1.04 bits per heavy atom. The van der Waals surface area contributed by atoms with E-state index < -0.39 is 0 Å². The first kappa shape index (κ1) is 17.3. The summed E-state index contributed by atoms with van der Waals surface area (Å²) in [7, 11) is 0. The quantitative estimate of drug-likeness (QED) is 0.572. The zero-order valence-electron chi connectivity index (χ0n) is 15.7. The highest BCUT2D eigenvalue weighted by molar-refractivity contribution is 9.10. The van der Waals surface area contributed by atoms with Crippen molar-refractivity contribution in [3.8, 4) is 5.75 Å². The lowest BCUT2D eigenvalue weighted by molar-refractivity contribution is -0.0644. The average Bonchev–Trinajstić information content (AvgIpc) is 3.14. The van der Waals surface area contributed by atoms with Crippen LogP contribution in [0.15, 0.2) is 52.0 Å². The summed E-state index contributed by atoms with van der Waals surface area (Å²) in [6, 6.07) is 15.4. The van der Waals surface area contributed by atoms with Crippen molar-refractivity contribution in [1.29, 1.82) is 0 Å². The van der Waals surface area contributed by atoms with Crippen molar-refractivity contribution in [2.45, 2.75) is 57.7 Å². The molecule has 27 heavy (non-hydrogen) atoms. The molecule has 5 rings (SSSR count). The van der Waals surface area contributed by atoms with E-state index in [1.54, 1.807) is 0 Å². The summed E-state index contributed by atoms with van der Waals surface area (Å²) in [5.74, 6) is 1.61. The van der Waals surface area contributed by atoms with E-state index in [2.05, 4.69) is 70.3 Å². The molecule has 2 aromatic carbocycles. The zero-order valence-corrected chi connectivity index (χ0v) is 17.3. The van der Waals surface area contributed by atoms with Gasteiger partial charge in [-0.1, -0.05) is 65.0 Å². The first-order chi connectivity index (χ1) is 13.2. The molecule has 1 aliphatic carbocycles. The SMILES string of the molecule is Cc1ccc(C2=NN3[C@H](C2)c2cc(Br)ccc2O[C@@H]3C2CCCCC2)cc1. The summed E-state index contributed by atoms with van der Waals surface area (Å²) in [5.41, 5.74) is 4.95. The number of halogens is 1. The van der Waals surface area contributed by atoms with E-state index in [9.17, 15) is 0 Å². The number of aryl methyl sites for hydroxylation is 1. The molecule has 0 N–H and O–H groups in total. The first-order valence-corrected chi connectivity index (χ1v) is 10.9. The van der Waals surface area contributed by atoms with Crippen LogP contribution in [0.4, 0.5) is 0 Å². The minimum Gasteiger partial charge on any atom is -0.468 e. The van der Waals surface area contributed by atoms with Crippen molar-refractivity contribution in [2.24, 2.45) is 11.0 Å². The van der Waals surface area contributed by atoms with E-state index in [4.69, 9.17) is 9.84 Å². The molecule has 0 unspecified atom stereocenters. The molecule has 0 radical (unpaired) electrons. The van der Waals surface area contributed by atoms with E-state index in [0.29, 0.717) is 5.92 Å². The maximum Gasteiger partial charge on any atom is 0.190 e. The molecule has 0 saturated heterocycles. The van der Waals surface area contributed by atoms with Gasteiger partial charge < -0.3 is 4.74 Å². The van der Waals surface area contributed by atoms with E-state index in [1.165, 1.54) is 54.5 Å². The van der Waals surface area contributed by atoms with Crippen LogP contribution < -0.4 is 4.74 Å². The molecule has 3 aliphatic rings. The van der Waals surface area contributed by atoms with Crippen LogP contribution in [-0.4, -0.2) is 16.9 Å². The Hall–Kier alpha value is -1.81. The summed E-state index contributed by atoms with van der Waals surface area (Å²) in [5, 5.41) is 7.38. The van der Waals surface area contributed by atoms with E-state index in [1.807, 2.05) is 0 Å². The Morgan fingerprint density at radius 2 is 1.81 bits per heavy atom. The normalized spacial score (nSPS) is 24.8. The minimum atomic E-state index is 0.0620. The lowest BCUT2D eigenvalue weighted by Gasteiger charge is -2.42. The Kier molecular flexibility index (Phi) is 4.47. The highest BCUT2D eigenvalue weighted by atomic mass is 79.9.